The van der Waals surface area contributed by atoms with Crippen LogP contribution in [0.25, 0.3) is 0 Å². The van der Waals surface area contributed by atoms with Crippen LogP contribution in [-0.2, 0) is 14.4 Å². The van der Waals surface area contributed by atoms with Crippen molar-refractivity contribution < 1.29 is 19.5 Å². The molecule has 2 amide bonds. The van der Waals surface area contributed by atoms with Crippen molar-refractivity contribution in [1.82, 2.24) is 10.2 Å². The van der Waals surface area contributed by atoms with Crippen LogP contribution in [0, 0.1) is 11.8 Å². The van der Waals surface area contributed by atoms with Gasteiger partial charge in [0.05, 0.1) is 6.54 Å². The molecule has 2 N–H and O–H groups in total. The number of hydrogen-bond donors (Lipinski definition) is 2. The number of hydrogen-bond acceptors (Lipinski definition) is 3. The van der Waals surface area contributed by atoms with Crippen molar-refractivity contribution in [2.24, 2.45) is 11.8 Å². The molecule has 6 heteroatoms. The first-order chi connectivity index (χ1) is 9.22. The lowest BCUT2D eigenvalue weighted by molar-refractivity contribution is -0.144. The molecule has 20 heavy (non-hydrogen) atoms. The Morgan fingerprint density at radius 2 is 1.70 bits per heavy atom. The maximum absolute atomic E-state index is 11.9. The minimum atomic E-state index is -1.05. The predicted molar refractivity (Wildman–Crippen MR) is 76.1 cm³/mol. The van der Waals surface area contributed by atoms with Crippen molar-refractivity contribution in [3.63, 3.8) is 0 Å². The van der Waals surface area contributed by atoms with Crippen molar-refractivity contribution in [3.8, 4) is 0 Å². The van der Waals surface area contributed by atoms with Gasteiger partial charge in [-0.25, -0.2) is 0 Å². The Labute approximate surface area is 120 Å². The minimum absolute atomic E-state index is 0.142. The SMILES string of the molecule is CC(C)CCC(=O)NCC(=O)N(CC(=O)O)CC(C)C. The van der Waals surface area contributed by atoms with Crippen molar-refractivity contribution in [3.05, 3.63) is 0 Å². The van der Waals surface area contributed by atoms with Gasteiger partial charge in [0.15, 0.2) is 0 Å². The van der Waals surface area contributed by atoms with E-state index in [2.05, 4.69) is 5.32 Å². The highest BCUT2D eigenvalue weighted by atomic mass is 16.4. The van der Waals surface area contributed by atoms with Crippen LogP contribution in [-0.4, -0.2) is 47.4 Å². The monoisotopic (exact) mass is 286 g/mol. The number of aliphatic carboxylic acids is 1. The Kier molecular flexibility index (Phi) is 8.59. The standard InChI is InChI=1S/C14H26N2O4/c1-10(2)5-6-12(17)15-7-13(18)16(8-11(3)4)9-14(19)20/h10-11H,5-9H2,1-4H3,(H,15,17)(H,19,20). The van der Waals surface area contributed by atoms with Gasteiger partial charge in [0.1, 0.15) is 6.54 Å². The van der Waals surface area contributed by atoms with Crippen LogP contribution >= 0.6 is 0 Å². The van der Waals surface area contributed by atoms with Crippen LogP contribution in [0.4, 0.5) is 0 Å². The van der Waals surface area contributed by atoms with Crippen molar-refractivity contribution >= 4 is 17.8 Å². The Morgan fingerprint density at radius 1 is 1.10 bits per heavy atom. The van der Waals surface area contributed by atoms with Gasteiger partial charge >= 0.3 is 5.97 Å². The Balaban J connectivity index is 4.24. The lowest BCUT2D eigenvalue weighted by Gasteiger charge is -2.22. The maximum atomic E-state index is 11.9. The normalized spacial score (nSPS) is 10.7. The molecular formula is C14H26N2O4. The summed E-state index contributed by atoms with van der Waals surface area (Å²) in [5.74, 6) is -0.980. The Hall–Kier alpha value is -1.59. The van der Waals surface area contributed by atoms with Gasteiger partial charge in [0, 0.05) is 13.0 Å². The lowest BCUT2D eigenvalue weighted by Crippen LogP contribution is -2.44. The summed E-state index contributed by atoms with van der Waals surface area (Å²) < 4.78 is 0. The number of carbonyl (C=O) groups is 3. The number of rotatable bonds is 9. The average Bonchev–Trinajstić information content (AvgIpc) is 2.31. The van der Waals surface area contributed by atoms with Gasteiger partial charge in [-0.2, -0.15) is 0 Å². The van der Waals surface area contributed by atoms with Crippen LogP contribution in [0.2, 0.25) is 0 Å². The Morgan fingerprint density at radius 3 is 2.15 bits per heavy atom. The molecule has 0 saturated carbocycles. The van der Waals surface area contributed by atoms with E-state index >= 15 is 0 Å². The molecule has 0 heterocycles. The molecule has 0 spiro atoms. The minimum Gasteiger partial charge on any atom is -0.480 e. The highest BCUT2D eigenvalue weighted by molar-refractivity contribution is 5.86. The third-order valence-corrected chi connectivity index (χ3v) is 2.65. The molecule has 0 aromatic carbocycles. The second kappa shape index (κ2) is 9.34. The zero-order valence-corrected chi connectivity index (χ0v) is 12.8. The first kappa shape index (κ1) is 18.4. The largest absolute Gasteiger partial charge is 0.480 e. The number of carbonyl (C=O) groups excluding carboxylic acids is 2. The molecule has 0 unspecified atom stereocenters. The predicted octanol–water partition coefficient (Wildman–Crippen LogP) is 1.11. The molecule has 116 valence electrons. The van der Waals surface area contributed by atoms with E-state index in [0.717, 1.165) is 6.42 Å². The molecule has 0 fully saturated rings. The first-order valence-electron chi connectivity index (χ1n) is 6.98. The third kappa shape index (κ3) is 9.35. The van der Waals surface area contributed by atoms with E-state index in [9.17, 15) is 14.4 Å². The van der Waals surface area contributed by atoms with Crippen LogP contribution in [0.5, 0.6) is 0 Å². The molecule has 0 radical (unpaired) electrons. The topological polar surface area (TPSA) is 86.7 Å². The zero-order chi connectivity index (χ0) is 15.7. The molecule has 0 aliphatic heterocycles. The van der Waals surface area contributed by atoms with Gasteiger partial charge in [-0.3, -0.25) is 14.4 Å². The van der Waals surface area contributed by atoms with Gasteiger partial charge in [0.2, 0.25) is 11.8 Å². The quantitative estimate of drug-likeness (QED) is 0.664. The van der Waals surface area contributed by atoms with E-state index in [1.54, 1.807) is 0 Å². The van der Waals surface area contributed by atoms with Crippen LogP contribution in [0.1, 0.15) is 40.5 Å². The van der Waals surface area contributed by atoms with Crippen molar-refractivity contribution in [1.29, 1.82) is 0 Å². The highest BCUT2D eigenvalue weighted by Crippen LogP contribution is 2.03. The summed E-state index contributed by atoms with van der Waals surface area (Å²) in [6, 6.07) is 0. The summed E-state index contributed by atoms with van der Waals surface area (Å²) >= 11 is 0. The van der Waals surface area contributed by atoms with Crippen LogP contribution < -0.4 is 5.32 Å². The van der Waals surface area contributed by atoms with Gasteiger partial charge in [0.25, 0.3) is 0 Å². The third-order valence-electron chi connectivity index (χ3n) is 2.65. The first-order valence-corrected chi connectivity index (χ1v) is 6.98. The highest BCUT2D eigenvalue weighted by Gasteiger charge is 2.18. The van der Waals surface area contributed by atoms with Crippen molar-refractivity contribution in [2.45, 2.75) is 40.5 Å². The van der Waals surface area contributed by atoms with Crippen LogP contribution in [0.3, 0.4) is 0 Å². The fraction of sp³-hybridized carbons (Fsp3) is 0.786. The van der Waals surface area contributed by atoms with E-state index in [0.29, 0.717) is 18.9 Å². The van der Waals surface area contributed by atoms with E-state index in [1.165, 1.54) is 4.90 Å². The average molecular weight is 286 g/mol. The maximum Gasteiger partial charge on any atom is 0.323 e. The van der Waals surface area contributed by atoms with Gasteiger partial charge in [-0.1, -0.05) is 27.7 Å². The smallest absolute Gasteiger partial charge is 0.323 e. The fourth-order valence-corrected chi connectivity index (χ4v) is 1.65. The summed E-state index contributed by atoms with van der Waals surface area (Å²) in [6.45, 7) is 7.75. The number of amides is 2. The summed E-state index contributed by atoms with van der Waals surface area (Å²) in [5, 5.41) is 11.3. The molecule has 0 aromatic heterocycles. The molecule has 0 aliphatic rings. The van der Waals surface area contributed by atoms with Crippen LogP contribution in [0.15, 0.2) is 0 Å². The second-order valence-electron chi connectivity index (χ2n) is 5.77. The van der Waals surface area contributed by atoms with E-state index in [1.807, 2.05) is 27.7 Å². The van der Waals surface area contributed by atoms with Gasteiger partial charge in [-0.15, -0.1) is 0 Å². The molecular weight excluding hydrogens is 260 g/mol. The molecule has 0 atom stereocenters. The zero-order valence-electron chi connectivity index (χ0n) is 12.8. The lowest BCUT2D eigenvalue weighted by atomic mass is 10.1. The molecule has 0 saturated heterocycles. The molecule has 0 bridgehead atoms. The molecule has 0 rings (SSSR count). The van der Waals surface area contributed by atoms with Crippen molar-refractivity contribution in [2.75, 3.05) is 19.6 Å². The van der Waals surface area contributed by atoms with Gasteiger partial charge in [-0.05, 0) is 18.3 Å². The fourth-order valence-electron chi connectivity index (χ4n) is 1.65. The second-order valence-corrected chi connectivity index (χ2v) is 5.77. The molecule has 0 aromatic rings. The molecule has 6 nitrogen and oxygen atoms in total. The van der Waals surface area contributed by atoms with E-state index in [-0.39, 0.29) is 30.8 Å². The number of nitrogens with zero attached hydrogens (tertiary/aromatic N) is 1. The van der Waals surface area contributed by atoms with E-state index < -0.39 is 5.97 Å². The van der Waals surface area contributed by atoms with E-state index in [4.69, 9.17) is 5.11 Å². The number of carboxylic acid groups (broad SMARTS) is 1. The Bertz CT molecular complexity index is 340. The summed E-state index contributed by atoms with van der Waals surface area (Å²) in [4.78, 5) is 35.4. The molecule has 0 aliphatic carbocycles. The number of carboxylic acids is 1. The summed E-state index contributed by atoms with van der Waals surface area (Å²) in [7, 11) is 0. The number of nitrogens with one attached hydrogen (secondary N) is 1. The summed E-state index contributed by atoms with van der Waals surface area (Å²) in [5.41, 5.74) is 0. The summed E-state index contributed by atoms with van der Waals surface area (Å²) in [6.07, 6.45) is 1.15. The van der Waals surface area contributed by atoms with Gasteiger partial charge < -0.3 is 15.3 Å².